The molecule has 5 nitrogen and oxygen atoms in total. The molecule has 1 atom stereocenters. The van der Waals surface area contributed by atoms with Crippen molar-refractivity contribution in [3.8, 4) is 11.5 Å². The zero-order valence-corrected chi connectivity index (χ0v) is 17.8. The predicted octanol–water partition coefficient (Wildman–Crippen LogP) is 4.17. The minimum absolute atomic E-state index is 0.0595. The Labute approximate surface area is 174 Å². The van der Waals surface area contributed by atoms with Gasteiger partial charge in [-0.25, -0.2) is 0 Å². The van der Waals surface area contributed by atoms with E-state index in [1.807, 2.05) is 36.4 Å². The smallest absolute Gasteiger partial charge is 0.258 e. The van der Waals surface area contributed by atoms with Gasteiger partial charge in [0.05, 0.1) is 31.2 Å². The molecular formula is C22H21IN2O3. The van der Waals surface area contributed by atoms with Gasteiger partial charge in [-0.2, -0.15) is 0 Å². The first-order chi connectivity index (χ1) is 13.7. The van der Waals surface area contributed by atoms with E-state index in [1.165, 1.54) is 0 Å². The molecule has 1 unspecified atom stereocenters. The maximum atomic E-state index is 13.0. The lowest BCUT2D eigenvalue weighted by Crippen LogP contribution is -2.28. The molecular weight excluding hydrogens is 467 g/mol. The number of fused-ring (bicyclic) bond motifs is 1. The quantitative estimate of drug-likeness (QED) is 0.490. The second kappa shape index (κ2) is 8.18. The van der Waals surface area contributed by atoms with Crippen LogP contribution >= 0.6 is 20.7 Å². The number of nitrogens with one attached hydrogen (secondary N) is 2. The average Bonchev–Trinajstić information content (AvgIpc) is 3.06. The molecule has 0 radical (unpaired) electrons. The molecule has 0 aromatic heterocycles. The summed E-state index contributed by atoms with van der Waals surface area (Å²) in [4.78, 5) is 13.0. The Bertz CT molecular complexity index is 996. The second-order valence-electron chi connectivity index (χ2n) is 6.41. The van der Waals surface area contributed by atoms with Crippen molar-refractivity contribution in [2.24, 2.45) is 0 Å². The lowest BCUT2D eigenvalue weighted by Gasteiger charge is -2.21. The third-order valence-corrected chi connectivity index (χ3v) is 6.57. The summed E-state index contributed by atoms with van der Waals surface area (Å²) < 4.78 is 15.4. The van der Waals surface area contributed by atoms with Crippen molar-refractivity contribution in [1.82, 2.24) is 5.32 Å². The highest BCUT2D eigenvalue weighted by Crippen LogP contribution is 2.42. The Kier molecular flexibility index (Phi) is 5.47. The average molecular weight is 488 g/mol. The van der Waals surface area contributed by atoms with Crippen molar-refractivity contribution in [1.29, 1.82) is 0 Å². The van der Waals surface area contributed by atoms with E-state index < -0.39 is 0 Å². The molecule has 28 heavy (non-hydrogen) atoms. The molecule has 144 valence electrons. The first kappa shape index (κ1) is 18.7. The highest BCUT2D eigenvalue weighted by molar-refractivity contribution is 14.2. The largest absolute Gasteiger partial charge is 0.493 e. The normalized spacial score (nSPS) is 19.4. The molecule has 4 rings (SSSR count). The molecule has 0 fully saturated rings. The van der Waals surface area contributed by atoms with E-state index in [4.69, 9.17) is 9.47 Å². The van der Waals surface area contributed by atoms with Crippen LogP contribution in [0.4, 0.5) is 5.69 Å². The zero-order chi connectivity index (χ0) is 19.5. The molecule has 0 bridgehead atoms. The predicted molar refractivity (Wildman–Crippen MR) is 122 cm³/mol. The van der Waals surface area contributed by atoms with Crippen LogP contribution in [0.15, 0.2) is 52.6 Å². The van der Waals surface area contributed by atoms with Gasteiger partial charge in [0.2, 0.25) is 0 Å². The summed E-state index contributed by atoms with van der Waals surface area (Å²) in [5.41, 5.74) is 3.96. The summed E-state index contributed by atoms with van der Waals surface area (Å²) in [7, 11) is 3.18. The van der Waals surface area contributed by atoms with E-state index in [0.29, 0.717) is 17.1 Å². The van der Waals surface area contributed by atoms with Crippen LogP contribution in [-0.4, -0.2) is 30.2 Å². The topological polar surface area (TPSA) is 59.6 Å². The molecule has 0 saturated heterocycles. The van der Waals surface area contributed by atoms with Crippen LogP contribution in [0, 0.1) is 0 Å². The molecule has 2 aromatic rings. The van der Waals surface area contributed by atoms with E-state index in [2.05, 4.69) is 24.8 Å². The van der Waals surface area contributed by atoms with E-state index in [9.17, 15) is 4.79 Å². The standard InChI is InChI=1S/C22H21IN2O3/c1-27-18-12-16-17(13-19(18)28-2)25-22(26)20(16)21(14-6-4-3-5-7-14)24-15-8-10-23-11-9-15/h3-8,10-13,15,24H,9H2,1-2H3,(H,25,26)/b21-20-. The number of hydrogen-bond donors (Lipinski definition) is 2. The van der Waals surface area contributed by atoms with E-state index >= 15 is 0 Å². The molecule has 2 heterocycles. The number of amides is 1. The Morgan fingerprint density at radius 2 is 1.89 bits per heavy atom. The number of anilines is 1. The molecule has 0 aliphatic carbocycles. The molecule has 0 saturated carbocycles. The lowest BCUT2D eigenvalue weighted by molar-refractivity contribution is -0.110. The molecule has 2 aliphatic heterocycles. The van der Waals surface area contributed by atoms with Gasteiger partial charge >= 0.3 is 0 Å². The lowest BCUT2D eigenvalue weighted by atomic mass is 9.99. The number of ether oxygens (including phenoxy) is 2. The van der Waals surface area contributed by atoms with Crippen molar-refractivity contribution in [3.05, 3.63) is 63.8 Å². The van der Waals surface area contributed by atoms with Gasteiger partial charge in [-0.3, -0.25) is 4.79 Å². The summed E-state index contributed by atoms with van der Waals surface area (Å²) >= 11 is 0.0595. The Morgan fingerprint density at radius 1 is 1.14 bits per heavy atom. The van der Waals surface area contributed by atoms with Gasteiger partial charge in [-0.05, 0) is 26.1 Å². The highest BCUT2D eigenvalue weighted by atomic mass is 127. The Balaban J connectivity index is 1.88. The van der Waals surface area contributed by atoms with E-state index in [-0.39, 0.29) is 32.7 Å². The molecule has 0 spiro atoms. The van der Waals surface area contributed by atoms with Gasteiger partial charge in [0.15, 0.2) is 11.5 Å². The monoisotopic (exact) mass is 488 g/mol. The molecule has 2 N–H and O–H groups in total. The van der Waals surface area contributed by atoms with Crippen molar-refractivity contribution >= 4 is 47.6 Å². The first-order valence-electron chi connectivity index (χ1n) is 8.95. The number of methoxy groups -OCH3 is 2. The fourth-order valence-corrected chi connectivity index (χ4v) is 5.22. The van der Waals surface area contributed by atoms with Crippen molar-refractivity contribution in [3.63, 3.8) is 0 Å². The number of benzene rings is 2. The van der Waals surface area contributed by atoms with Crippen LogP contribution in [0.2, 0.25) is 0 Å². The summed E-state index contributed by atoms with van der Waals surface area (Å²) in [6, 6.07) is 13.8. The number of rotatable bonds is 5. The number of carbonyl (C=O) groups excluding carboxylic acids is 1. The maximum absolute atomic E-state index is 13.0. The molecule has 2 aliphatic rings. The van der Waals surface area contributed by atoms with E-state index in [1.54, 1.807) is 20.3 Å². The summed E-state index contributed by atoms with van der Waals surface area (Å²) in [6.07, 6.45) is 3.17. The van der Waals surface area contributed by atoms with Crippen LogP contribution in [0.25, 0.3) is 11.3 Å². The fraction of sp³-hybridized carbons (Fsp3) is 0.182. The first-order valence-corrected chi connectivity index (χ1v) is 11.4. The van der Waals surface area contributed by atoms with Gasteiger partial charge in [0, 0.05) is 17.7 Å². The van der Waals surface area contributed by atoms with Gasteiger partial charge in [-0.15, -0.1) is 0 Å². The summed E-state index contributed by atoms with van der Waals surface area (Å²) in [5, 5.41) is 6.57. The zero-order valence-electron chi connectivity index (χ0n) is 15.7. The third-order valence-electron chi connectivity index (χ3n) is 4.72. The molecule has 1 amide bonds. The van der Waals surface area contributed by atoms with Crippen molar-refractivity contribution < 1.29 is 14.3 Å². The van der Waals surface area contributed by atoms with Gasteiger partial charge < -0.3 is 20.1 Å². The minimum Gasteiger partial charge on any atom is -0.493 e. The summed E-state index contributed by atoms with van der Waals surface area (Å²) in [5.74, 6) is 1.05. The fourth-order valence-electron chi connectivity index (χ4n) is 3.35. The van der Waals surface area contributed by atoms with Crippen LogP contribution in [0.1, 0.15) is 17.5 Å². The number of carbonyl (C=O) groups is 1. The Morgan fingerprint density at radius 3 is 2.57 bits per heavy atom. The van der Waals surface area contributed by atoms with Crippen LogP contribution in [-0.2, 0) is 4.79 Å². The molecule has 6 heteroatoms. The van der Waals surface area contributed by atoms with Crippen LogP contribution in [0.3, 0.4) is 0 Å². The van der Waals surface area contributed by atoms with E-state index in [0.717, 1.165) is 28.9 Å². The van der Waals surface area contributed by atoms with Crippen LogP contribution < -0.4 is 20.1 Å². The maximum Gasteiger partial charge on any atom is 0.258 e. The van der Waals surface area contributed by atoms with Crippen molar-refractivity contribution in [2.45, 2.75) is 12.5 Å². The minimum atomic E-state index is -0.132. The Hall–Kier alpha value is -2.61. The second-order valence-corrected chi connectivity index (χ2v) is 8.73. The van der Waals surface area contributed by atoms with Gasteiger partial charge in [-0.1, -0.05) is 57.1 Å². The number of halogens is 1. The van der Waals surface area contributed by atoms with Crippen LogP contribution in [0.5, 0.6) is 11.5 Å². The van der Waals surface area contributed by atoms with Gasteiger partial charge in [0.1, 0.15) is 0 Å². The highest BCUT2D eigenvalue weighted by Gasteiger charge is 2.30. The summed E-state index contributed by atoms with van der Waals surface area (Å²) in [6.45, 7) is 0. The van der Waals surface area contributed by atoms with Crippen molar-refractivity contribution in [2.75, 3.05) is 19.5 Å². The number of hydrogen-bond acceptors (Lipinski definition) is 4. The molecule has 2 aromatic carbocycles. The third kappa shape index (κ3) is 3.56. The SMILES string of the molecule is COc1cc2c(cc1OC)/C(=C(/NC1C=CI=CC1)c1ccccc1)C(=O)N2. The van der Waals surface area contributed by atoms with Gasteiger partial charge in [0.25, 0.3) is 5.91 Å².